The molecule has 1 aromatic carbocycles. The Kier molecular flexibility index (Phi) is 6.12. The summed E-state index contributed by atoms with van der Waals surface area (Å²) in [5, 5.41) is 0.601. The number of nitrogens with zero attached hydrogens (tertiary/aromatic N) is 1. The quantitative estimate of drug-likeness (QED) is 0.823. The number of ether oxygens (including phenoxy) is 1. The first-order valence-electron chi connectivity index (χ1n) is 5.74. The van der Waals surface area contributed by atoms with E-state index in [-0.39, 0.29) is 12.0 Å². The minimum atomic E-state index is -0.0501. The summed E-state index contributed by atoms with van der Waals surface area (Å²) in [6, 6.07) is 5.14. The van der Waals surface area contributed by atoms with Crippen molar-refractivity contribution in [1.82, 2.24) is 4.90 Å². The minimum absolute atomic E-state index is 0.0501. The lowest BCUT2D eigenvalue weighted by molar-refractivity contribution is 0.0531. The molecule has 0 saturated heterocycles. The number of carbonyl (C=O) groups is 1. The van der Waals surface area contributed by atoms with Crippen molar-refractivity contribution < 1.29 is 9.53 Å². The van der Waals surface area contributed by atoms with Crippen molar-refractivity contribution in [1.29, 1.82) is 0 Å². The number of hydrogen-bond acceptors (Lipinski definition) is 2. The van der Waals surface area contributed by atoms with Gasteiger partial charge in [-0.25, -0.2) is 0 Å². The molecule has 1 rings (SSSR count). The first kappa shape index (κ1) is 15.5. The molecular formula is C13H17BrClNO2. The Balaban J connectivity index is 2.63. The summed E-state index contributed by atoms with van der Waals surface area (Å²) in [4.78, 5) is 13.8. The van der Waals surface area contributed by atoms with Gasteiger partial charge in [-0.15, -0.1) is 0 Å². The summed E-state index contributed by atoms with van der Waals surface area (Å²) in [6.07, 6.45) is 0.177. The predicted octanol–water partition coefficient (Wildman–Crippen LogP) is 3.60. The molecule has 0 aliphatic heterocycles. The molecule has 5 heteroatoms. The number of carbonyl (C=O) groups excluding carboxylic acids is 1. The first-order valence-corrected chi connectivity index (χ1v) is 6.91. The minimum Gasteiger partial charge on any atom is -0.377 e. The van der Waals surface area contributed by atoms with Gasteiger partial charge in [0.15, 0.2) is 0 Å². The summed E-state index contributed by atoms with van der Waals surface area (Å²) in [7, 11) is 1.76. The molecule has 0 radical (unpaired) electrons. The van der Waals surface area contributed by atoms with Gasteiger partial charge in [0.05, 0.1) is 18.3 Å². The largest absolute Gasteiger partial charge is 0.377 e. The molecular weight excluding hydrogens is 318 g/mol. The van der Waals surface area contributed by atoms with Crippen LogP contribution >= 0.6 is 27.5 Å². The van der Waals surface area contributed by atoms with Crippen LogP contribution in [0.3, 0.4) is 0 Å². The lowest BCUT2D eigenvalue weighted by atomic mass is 10.2. The molecule has 0 saturated carbocycles. The van der Waals surface area contributed by atoms with Crippen molar-refractivity contribution >= 4 is 33.4 Å². The number of rotatable bonds is 5. The van der Waals surface area contributed by atoms with Crippen molar-refractivity contribution in [3.05, 3.63) is 33.3 Å². The van der Waals surface area contributed by atoms with E-state index in [1.165, 1.54) is 0 Å². The molecule has 3 nitrogen and oxygen atoms in total. The maximum atomic E-state index is 12.1. The van der Waals surface area contributed by atoms with Crippen molar-refractivity contribution in [2.75, 3.05) is 20.2 Å². The van der Waals surface area contributed by atoms with Gasteiger partial charge in [0.1, 0.15) is 0 Å². The highest BCUT2D eigenvalue weighted by Crippen LogP contribution is 2.22. The van der Waals surface area contributed by atoms with Crippen LogP contribution in [0.4, 0.5) is 0 Å². The van der Waals surface area contributed by atoms with Gasteiger partial charge in [0.2, 0.25) is 0 Å². The Bertz CT molecular complexity index is 423. The molecule has 1 amide bonds. The molecule has 0 heterocycles. The van der Waals surface area contributed by atoms with Crippen LogP contribution in [0.2, 0.25) is 5.02 Å². The zero-order valence-electron chi connectivity index (χ0n) is 10.7. The Morgan fingerprint density at radius 2 is 2.17 bits per heavy atom. The van der Waals surface area contributed by atoms with Gasteiger partial charge >= 0.3 is 0 Å². The van der Waals surface area contributed by atoms with E-state index >= 15 is 0 Å². The molecule has 0 aliphatic carbocycles. The van der Waals surface area contributed by atoms with Gasteiger partial charge in [-0.3, -0.25) is 4.79 Å². The average molecular weight is 335 g/mol. The summed E-state index contributed by atoms with van der Waals surface area (Å²) >= 11 is 9.19. The van der Waals surface area contributed by atoms with E-state index in [0.29, 0.717) is 28.2 Å². The Morgan fingerprint density at radius 1 is 1.50 bits per heavy atom. The zero-order valence-corrected chi connectivity index (χ0v) is 13.1. The lowest BCUT2D eigenvalue weighted by Gasteiger charge is -2.18. The SMILES string of the molecule is CC(C)OCCN(C)C(=O)c1ccc(Cl)cc1Br. The molecule has 0 N–H and O–H groups in total. The molecule has 0 fully saturated rings. The highest BCUT2D eigenvalue weighted by molar-refractivity contribution is 9.10. The van der Waals surface area contributed by atoms with Gasteiger partial charge in [-0.1, -0.05) is 11.6 Å². The lowest BCUT2D eigenvalue weighted by Crippen LogP contribution is -2.31. The van der Waals surface area contributed by atoms with E-state index in [1.807, 2.05) is 13.8 Å². The van der Waals surface area contributed by atoms with E-state index in [4.69, 9.17) is 16.3 Å². The summed E-state index contributed by atoms with van der Waals surface area (Å²) in [5.41, 5.74) is 0.603. The fourth-order valence-corrected chi connectivity index (χ4v) is 2.25. The summed E-state index contributed by atoms with van der Waals surface area (Å²) in [5.74, 6) is -0.0501. The van der Waals surface area contributed by atoms with E-state index in [0.717, 1.165) is 0 Å². The molecule has 0 bridgehead atoms. The van der Waals surface area contributed by atoms with Crippen LogP contribution < -0.4 is 0 Å². The summed E-state index contributed by atoms with van der Waals surface area (Å²) < 4.78 is 6.13. The van der Waals surface area contributed by atoms with Crippen molar-refractivity contribution in [2.45, 2.75) is 20.0 Å². The number of hydrogen-bond donors (Lipinski definition) is 0. The highest BCUT2D eigenvalue weighted by atomic mass is 79.9. The van der Waals surface area contributed by atoms with Crippen LogP contribution in [0.1, 0.15) is 24.2 Å². The number of benzene rings is 1. The second-order valence-corrected chi connectivity index (χ2v) is 5.56. The van der Waals surface area contributed by atoms with Gasteiger partial charge in [0.25, 0.3) is 5.91 Å². The molecule has 1 aromatic rings. The fraction of sp³-hybridized carbons (Fsp3) is 0.462. The molecule has 0 aromatic heterocycles. The third-order valence-corrected chi connectivity index (χ3v) is 3.28. The topological polar surface area (TPSA) is 29.5 Å². The molecule has 0 spiro atoms. The highest BCUT2D eigenvalue weighted by Gasteiger charge is 2.14. The summed E-state index contributed by atoms with van der Waals surface area (Å²) in [6.45, 7) is 5.03. The van der Waals surface area contributed by atoms with Gasteiger partial charge < -0.3 is 9.64 Å². The van der Waals surface area contributed by atoms with Crippen LogP contribution in [-0.4, -0.2) is 37.1 Å². The molecule has 18 heavy (non-hydrogen) atoms. The Hall–Kier alpha value is -0.580. The van der Waals surface area contributed by atoms with E-state index in [2.05, 4.69) is 15.9 Å². The molecule has 0 atom stereocenters. The maximum Gasteiger partial charge on any atom is 0.254 e. The standard InChI is InChI=1S/C13H17BrClNO2/c1-9(2)18-7-6-16(3)13(17)11-5-4-10(15)8-12(11)14/h4-5,8-9H,6-7H2,1-3H3. The molecule has 100 valence electrons. The van der Waals surface area contributed by atoms with Crippen LogP contribution in [-0.2, 0) is 4.74 Å². The molecule has 0 aliphatic rings. The first-order chi connectivity index (χ1) is 8.41. The number of halogens is 2. The maximum absolute atomic E-state index is 12.1. The van der Waals surface area contributed by atoms with Crippen molar-refractivity contribution in [3.63, 3.8) is 0 Å². The van der Waals surface area contributed by atoms with E-state index < -0.39 is 0 Å². The van der Waals surface area contributed by atoms with Crippen LogP contribution in [0.15, 0.2) is 22.7 Å². The number of amides is 1. The average Bonchev–Trinajstić information content (AvgIpc) is 2.27. The third-order valence-electron chi connectivity index (χ3n) is 2.39. The van der Waals surface area contributed by atoms with Crippen LogP contribution in [0, 0.1) is 0 Å². The smallest absolute Gasteiger partial charge is 0.254 e. The van der Waals surface area contributed by atoms with Crippen molar-refractivity contribution in [3.8, 4) is 0 Å². The normalized spacial score (nSPS) is 10.8. The van der Waals surface area contributed by atoms with Crippen LogP contribution in [0.25, 0.3) is 0 Å². The van der Waals surface area contributed by atoms with E-state index in [1.54, 1.807) is 30.1 Å². The van der Waals surface area contributed by atoms with Gasteiger partial charge in [0, 0.05) is 23.1 Å². The predicted molar refractivity (Wildman–Crippen MR) is 77.2 cm³/mol. The van der Waals surface area contributed by atoms with E-state index in [9.17, 15) is 4.79 Å². The van der Waals surface area contributed by atoms with Gasteiger partial charge in [-0.05, 0) is 48.0 Å². The van der Waals surface area contributed by atoms with Crippen LogP contribution in [0.5, 0.6) is 0 Å². The third kappa shape index (κ3) is 4.59. The second kappa shape index (κ2) is 7.12. The molecule has 0 unspecified atom stereocenters. The number of likely N-dealkylation sites (N-methyl/N-ethyl adjacent to an activating group) is 1. The Morgan fingerprint density at radius 3 is 2.72 bits per heavy atom. The van der Waals surface area contributed by atoms with Gasteiger partial charge in [-0.2, -0.15) is 0 Å². The monoisotopic (exact) mass is 333 g/mol. The second-order valence-electron chi connectivity index (χ2n) is 4.27. The Labute approximate surface area is 121 Å². The zero-order chi connectivity index (χ0) is 13.7. The fourth-order valence-electron chi connectivity index (χ4n) is 1.40. The van der Waals surface area contributed by atoms with Crippen molar-refractivity contribution in [2.24, 2.45) is 0 Å².